The second-order valence-corrected chi connectivity index (χ2v) is 3.67. The first-order valence-electron chi connectivity index (χ1n) is 4.86. The van der Waals surface area contributed by atoms with Crippen LogP contribution in [0, 0.1) is 6.92 Å². The van der Waals surface area contributed by atoms with Gasteiger partial charge in [-0.1, -0.05) is 12.1 Å². The molecule has 1 aromatic heterocycles. The fourth-order valence-corrected chi connectivity index (χ4v) is 1.73. The van der Waals surface area contributed by atoms with Gasteiger partial charge in [-0.25, -0.2) is 0 Å². The Morgan fingerprint density at radius 3 is 2.59 bits per heavy atom. The van der Waals surface area contributed by atoms with Crippen molar-refractivity contribution in [1.82, 2.24) is 4.98 Å². The summed E-state index contributed by atoms with van der Waals surface area (Å²) in [4.78, 5) is 14.7. The van der Waals surface area contributed by atoms with Crippen LogP contribution in [0.25, 0.3) is 10.9 Å². The van der Waals surface area contributed by atoms with Crippen molar-refractivity contribution in [3.05, 3.63) is 41.1 Å². The van der Waals surface area contributed by atoms with E-state index in [4.69, 9.17) is 0 Å². The predicted molar refractivity (Wildman–Crippen MR) is 56.9 cm³/mol. The first kappa shape index (κ1) is 11.6. The summed E-state index contributed by atoms with van der Waals surface area (Å²) in [5.74, 6) is 0. The lowest BCUT2D eigenvalue weighted by Gasteiger charge is -2.11. The number of carbonyl (C=O) groups excluding carboxylic acids is 1. The number of halogens is 3. The Morgan fingerprint density at radius 2 is 2.00 bits per heavy atom. The molecule has 2 rings (SSSR count). The highest BCUT2D eigenvalue weighted by molar-refractivity contribution is 5.97. The summed E-state index contributed by atoms with van der Waals surface area (Å²) in [6, 6.07) is 5.16. The van der Waals surface area contributed by atoms with Gasteiger partial charge in [0, 0.05) is 16.6 Å². The molecule has 5 heteroatoms. The molecule has 0 atom stereocenters. The van der Waals surface area contributed by atoms with Crippen molar-refractivity contribution in [2.75, 3.05) is 0 Å². The smallest absolute Gasteiger partial charge is 0.298 e. The van der Waals surface area contributed by atoms with E-state index in [0.717, 1.165) is 6.07 Å². The molecule has 1 aromatic carbocycles. The van der Waals surface area contributed by atoms with Crippen LogP contribution in [-0.2, 0) is 6.18 Å². The van der Waals surface area contributed by atoms with E-state index in [1.54, 1.807) is 6.92 Å². The molecule has 0 aliphatic rings. The fourth-order valence-electron chi connectivity index (χ4n) is 1.73. The van der Waals surface area contributed by atoms with Crippen molar-refractivity contribution in [1.29, 1.82) is 0 Å². The van der Waals surface area contributed by atoms with Crippen LogP contribution in [0.3, 0.4) is 0 Å². The number of benzene rings is 1. The van der Waals surface area contributed by atoms with Crippen LogP contribution < -0.4 is 0 Å². The van der Waals surface area contributed by atoms with E-state index < -0.39 is 11.7 Å². The third-order valence-corrected chi connectivity index (χ3v) is 2.43. The van der Waals surface area contributed by atoms with E-state index in [9.17, 15) is 18.0 Å². The largest absolute Gasteiger partial charge is 0.418 e. The minimum Gasteiger partial charge on any atom is -0.298 e. The standard InChI is InChI=1S/C12H8F3NO/c1-7-5-8(6-17)9-3-2-4-10(11(9)16-7)12(13,14)15/h2-6H,1H3. The molecule has 0 saturated carbocycles. The number of fused-ring (bicyclic) bond motifs is 1. The van der Waals surface area contributed by atoms with Gasteiger partial charge >= 0.3 is 6.18 Å². The van der Waals surface area contributed by atoms with E-state index in [1.807, 2.05) is 0 Å². The van der Waals surface area contributed by atoms with Crippen molar-refractivity contribution in [2.24, 2.45) is 0 Å². The van der Waals surface area contributed by atoms with Crippen molar-refractivity contribution in [3.63, 3.8) is 0 Å². The molecular weight excluding hydrogens is 231 g/mol. The molecule has 0 aliphatic heterocycles. The average molecular weight is 239 g/mol. The minimum atomic E-state index is -4.47. The van der Waals surface area contributed by atoms with Gasteiger partial charge in [0.25, 0.3) is 0 Å². The molecule has 0 unspecified atom stereocenters. The number of aryl methyl sites for hydroxylation is 1. The van der Waals surface area contributed by atoms with Crippen LogP contribution in [-0.4, -0.2) is 11.3 Å². The highest BCUT2D eigenvalue weighted by atomic mass is 19.4. The van der Waals surface area contributed by atoms with Gasteiger partial charge in [-0.2, -0.15) is 13.2 Å². The summed E-state index contributed by atoms with van der Waals surface area (Å²) < 4.78 is 38.3. The maximum absolute atomic E-state index is 12.8. The fraction of sp³-hybridized carbons (Fsp3) is 0.167. The molecule has 2 aromatic rings. The number of pyridine rings is 1. The molecule has 17 heavy (non-hydrogen) atoms. The zero-order valence-corrected chi connectivity index (χ0v) is 8.88. The SMILES string of the molecule is Cc1cc(C=O)c2cccc(C(F)(F)F)c2n1. The highest BCUT2D eigenvalue weighted by Crippen LogP contribution is 2.34. The van der Waals surface area contributed by atoms with E-state index in [2.05, 4.69) is 4.98 Å². The van der Waals surface area contributed by atoms with Crippen LogP contribution in [0.1, 0.15) is 21.6 Å². The Bertz CT molecular complexity index is 590. The maximum atomic E-state index is 12.8. The van der Waals surface area contributed by atoms with Gasteiger partial charge in [-0.15, -0.1) is 0 Å². The Balaban J connectivity index is 2.90. The summed E-state index contributed by atoms with van der Waals surface area (Å²) in [5, 5.41) is 0.223. The molecule has 0 saturated heterocycles. The molecular formula is C12H8F3NO. The molecule has 2 nitrogen and oxygen atoms in total. The number of para-hydroxylation sites is 1. The van der Waals surface area contributed by atoms with Crippen LogP contribution in [0.5, 0.6) is 0 Å². The normalized spacial score (nSPS) is 11.8. The first-order valence-corrected chi connectivity index (χ1v) is 4.86. The molecule has 88 valence electrons. The molecule has 0 N–H and O–H groups in total. The number of nitrogens with zero attached hydrogens (tertiary/aromatic N) is 1. The number of rotatable bonds is 1. The molecule has 0 amide bonds. The van der Waals surface area contributed by atoms with Gasteiger partial charge < -0.3 is 0 Å². The summed E-state index contributed by atoms with van der Waals surface area (Å²) in [6.45, 7) is 1.56. The number of carbonyl (C=O) groups is 1. The Hall–Kier alpha value is -1.91. The quantitative estimate of drug-likeness (QED) is 0.714. The number of aldehydes is 1. The van der Waals surface area contributed by atoms with Crippen LogP contribution in [0.2, 0.25) is 0 Å². The van der Waals surface area contributed by atoms with Crippen molar-refractivity contribution < 1.29 is 18.0 Å². The number of hydrogen-bond acceptors (Lipinski definition) is 2. The predicted octanol–water partition coefficient (Wildman–Crippen LogP) is 3.37. The topological polar surface area (TPSA) is 30.0 Å². The van der Waals surface area contributed by atoms with Crippen molar-refractivity contribution in [3.8, 4) is 0 Å². The Kier molecular flexibility index (Phi) is 2.61. The minimum absolute atomic E-state index is 0.179. The molecule has 1 heterocycles. The summed E-state index contributed by atoms with van der Waals surface area (Å²) >= 11 is 0. The second-order valence-electron chi connectivity index (χ2n) is 3.67. The van der Waals surface area contributed by atoms with E-state index in [-0.39, 0.29) is 16.5 Å². The molecule has 0 radical (unpaired) electrons. The second kappa shape index (κ2) is 3.84. The number of alkyl halides is 3. The van der Waals surface area contributed by atoms with Gasteiger partial charge in [0.2, 0.25) is 0 Å². The maximum Gasteiger partial charge on any atom is 0.418 e. The van der Waals surface area contributed by atoms with E-state index >= 15 is 0 Å². The molecule has 0 spiro atoms. The summed E-state index contributed by atoms with van der Waals surface area (Å²) in [5.41, 5.74) is -0.390. The van der Waals surface area contributed by atoms with Gasteiger partial charge in [-0.05, 0) is 19.1 Å². The number of aromatic nitrogens is 1. The van der Waals surface area contributed by atoms with Crippen LogP contribution in [0.15, 0.2) is 24.3 Å². The lowest BCUT2D eigenvalue weighted by Crippen LogP contribution is -2.07. The van der Waals surface area contributed by atoms with Crippen molar-refractivity contribution >= 4 is 17.2 Å². The Morgan fingerprint density at radius 1 is 1.29 bits per heavy atom. The van der Waals surface area contributed by atoms with Gasteiger partial charge in [0.05, 0.1) is 11.1 Å². The van der Waals surface area contributed by atoms with E-state index in [1.165, 1.54) is 18.2 Å². The monoisotopic (exact) mass is 239 g/mol. The third-order valence-electron chi connectivity index (χ3n) is 2.43. The average Bonchev–Trinajstić information content (AvgIpc) is 2.25. The van der Waals surface area contributed by atoms with Gasteiger partial charge in [0.1, 0.15) is 0 Å². The lowest BCUT2D eigenvalue weighted by molar-refractivity contribution is -0.136. The van der Waals surface area contributed by atoms with Crippen LogP contribution >= 0.6 is 0 Å². The highest BCUT2D eigenvalue weighted by Gasteiger charge is 2.33. The molecule has 0 aliphatic carbocycles. The third kappa shape index (κ3) is 2.00. The lowest BCUT2D eigenvalue weighted by atomic mass is 10.0. The van der Waals surface area contributed by atoms with Gasteiger partial charge in [0.15, 0.2) is 6.29 Å². The summed E-state index contributed by atoms with van der Waals surface area (Å²) in [7, 11) is 0. The van der Waals surface area contributed by atoms with Crippen molar-refractivity contribution in [2.45, 2.75) is 13.1 Å². The van der Waals surface area contributed by atoms with Crippen LogP contribution in [0.4, 0.5) is 13.2 Å². The first-order chi connectivity index (χ1) is 7.93. The van der Waals surface area contributed by atoms with Gasteiger partial charge in [-0.3, -0.25) is 9.78 Å². The number of hydrogen-bond donors (Lipinski definition) is 0. The zero-order valence-electron chi connectivity index (χ0n) is 8.88. The Labute approximate surface area is 95.1 Å². The molecule has 0 fully saturated rings. The molecule has 0 bridgehead atoms. The van der Waals surface area contributed by atoms with E-state index in [0.29, 0.717) is 12.0 Å². The zero-order chi connectivity index (χ0) is 12.6. The summed E-state index contributed by atoms with van der Waals surface area (Å²) in [6.07, 6.45) is -3.93.